The number of hydrogen-bond acceptors (Lipinski definition) is 3. The molecule has 0 saturated carbocycles. The van der Waals surface area contributed by atoms with Gasteiger partial charge in [-0.3, -0.25) is 0 Å². The van der Waals surface area contributed by atoms with E-state index in [9.17, 15) is 13.2 Å². The van der Waals surface area contributed by atoms with Gasteiger partial charge >= 0.3 is 6.18 Å². The van der Waals surface area contributed by atoms with Crippen LogP contribution in [0.1, 0.15) is 22.9 Å². The largest absolute Gasteiger partial charge is 0.416 e. The minimum atomic E-state index is -4.32. The predicted molar refractivity (Wildman–Crippen MR) is 58.7 cm³/mol. The summed E-state index contributed by atoms with van der Waals surface area (Å²) in [4.78, 5) is 0. The summed E-state index contributed by atoms with van der Waals surface area (Å²) in [5, 5.41) is 13.0. The summed E-state index contributed by atoms with van der Waals surface area (Å²) in [5.74, 6) is 0. The minimum Gasteiger partial charge on any atom is -0.308 e. The second kappa shape index (κ2) is 4.77. The van der Waals surface area contributed by atoms with Crippen LogP contribution in [0.15, 0.2) is 30.5 Å². The van der Waals surface area contributed by atoms with Crippen LogP contribution in [0.4, 0.5) is 13.2 Å². The van der Waals surface area contributed by atoms with Crippen molar-refractivity contribution in [3.8, 4) is 0 Å². The molecule has 96 valence electrons. The molecule has 1 aromatic heterocycles. The zero-order valence-electron chi connectivity index (χ0n) is 9.49. The summed E-state index contributed by atoms with van der Waals surface area (Å²) in [6, 6.07) is 4.68. The molecule has 0 spiro atoms. The average molecular weight is 256 g/mol. The molecular formula is C11H11F3N4. The Morgan fingerprint density at radius 1 is 1.22 bits per heavy atom. The number of alkyl halides is 3. The van der Waals surface area contributed by atoms with Crippen LogP contribution in [0, 0.1) is 0 Å². The van der Waals surface area contributed by atoms with Gasteiger partial charge in [-0.2, -0.15) is 28.6 Å². The monoisotopic (exact) mass is 256 g/mol. The van der Waals surface area contributed by atoms with Crippen LogP contribution in [0.5, 0.6) is 0 Å². The Morgan fingerprint density at radius 2 is 1.89 bits per heavy atom. The van der Waals surface area contributed by atoms with E-state index >= 15 is 0 Å². The first-order chi connectivity index (χ1) is 8.52. The third-order valence-corrected chi connectivity index (χ3v) is 2.59. The van der Waals surface area contributed by atoms with Crippen molar-refractivity contribution in [3.05, 3.63) is 47.3 Å². The van der Waals surface area contributed by atoms with Crippen molar-refractivity contribution in [3.63, 3.8) is 0 Å². The maximum absolute atomic E-state index is 12.4. The first kappa shape index (κ1) is 12.6. The number of hydrogen-bond donors (Lipinski definition) is 2. The molecule has 0 aliphatic carbocycles. The van der Waals surface area contributed by atoms with Gasteiger partial charge in [-0.1, -0.05) is 12.1 Å². The lowest BCUT2D eigenvalue weighted by Gasteiger charge is -2.14. The Hall–Kier alpha value is -1.89. The number of rotatable bonds is 3. The number of halogens is 3. The van der Waals surface area contributed by atoms with Crippen molar-refractivity contribution in [2.75, 3.05) is 7.05 Å². The van der Waals surface area contributed by atoms with E-state index < -0.39 is 11.7 Å². The molecule has 2 rings (SSSR count). The third kappa shape index (κ3) is 2.51. The first-order valence-corrected chi connectivity index (χ1v) is 5.22. The Labute approximate surface area is 101 Å². The smallest absolute Gasteiger partial charge is 0.308 e. The van der Waals surface area contributed by atoms with E-state index in [0.717, 1.165) is 12.1 Å². The molecule has 2 aromatic rings. The standard InChI is InChI=1S/C11H11F3N4/c1-15-10(9-6-16-18-17-9)7-2-4-8(5-3-7)11(12,13)14/h2-6,10,15H,1H3,(H,16,17,18). The summed E-state index contributed by atoms with van der Waals surface area (Å²) in [6.07, 6.45) is -2.79. The highest BCUT2D eigenvalue weighted by Crippen LogP contribution is 2.30. The van der Waals surface area contributed by atoms with Crippen LogP contribution in [0.3, 0.4) is 0 Å². The van der Waals surface area contributed by atoms with Gasteiger partial charge in [0.25, 0.3) is 0 Å². The lowest BCUT2D eigenvalue weighted by Crippen LogP contribution is -2.18. The molecule has 1 heterocycles. The van der Waals surface area contributed by atoms with E-state index in [-0.39, 0.29) is 6.04 Å². The SMILES string of the molecule is CNC(c1ccc(C(F)(F)F)cc1)c1cn[nH]n1. The summed E-state index contributed by atoms with van der Waals surface area (Å²) in [6.45, 7) is 0. The quantitative estimate of drug-likeness (QED) is 0.884. The van der Waals surface area contributed by atoms with Crippen LogP contribution in [-0.4, -0.2) is 22.5 Å². The number of aromatic nitrogens is 3. The number of nitrogens with one attached hydrogen (secondary N) is 2. The van der Waals surface area contributed by atoms with Crippen LogP contribution in [0.2, 0.25) is 0 Å². The topological polar surface area (TPSA) is 53.6 Å². The second-order valence-electron chi connectivity index (χ2n) is 3.74. The fourth-order valence-electron chi connectivity index (χ4n) is 1.70. The molecule has 4 nitrogen and oxygen atoms in total. The number of aromatic amines is 1. The van der Waals surface area contributed by atoms with E-state index in [1.165, 1.54) is 18.3 Å². The molecule has 0 amide bonds. The van der Waals surface area contributed by atoms with Crippen molar-refractivity contribution >= 4 is 0 Å². The highest BCUT2D eigenvalue weighted by Gasteiger charge is 2.30. The Balaban J connectivity index is 2.28. The lowest BCUT2D eigenvalue weighted by molar-refractivity contribution is -0.137. The van der Waals surface area contributed by atoms with E-state index in [1.807, 2.05) is 0 Å². The summed E-state index contributed by atoms with van der Waals surface area (Å²) in [5.41, 5.74) is 0.651. The molecule has 0 aliphatic heterocycles. The van der Waals surface area contributed by atoms with Gasteiger partial charge in [0.15, 0.2) is 0 Å². The normalized spacial score (nSPS) is 13.6. The average Bonchev–Trinajstić information content (AvgIpc) is 2.83. The van der Waals surface area contributed by atoms with Gasteiger partial charge in [0.05, 0.1) is 17.8 Å². The summed E-state index contributed by atoms with van der Waals surface area (Å²) in [7, 11) is 1.71. The van der Waals surface area contributed by atoms with Gasteiger partial charge in [-0.25, -0.2) is 0 Å². The molecule has 1 aromatic carbocycles. The van der Waals surface area contributed by atoms with E-state index in [4.69, 9.17) is 0 Å². The highest BCUT2D eigenvalue weighted by molar-refractivity contribution is 5.30. The molecule has 0 aliphatic rings. The van der Waals surface area contributed by atoms with Crippen molar-refractivity contribution in [1.82, 2.24) is 20.7 Å². The molecular weight excluding hydrogens is 245 g/mol. The van der Waals surface area contributed by atoms with Crippen molar-refractivity contribution < 1.29 is 13.2 Å². The number of nitrogens with zero attached hydrogens (tertiary/aromatic N) is 2. The second-order valence-corrected chi connectivity index (χ2v) is 3.74. The van der Waals surface area contributed by atoms with E-state index in [1.54, 1.807) is 7.05 Å². The maximum atomic E-state index is 12.4. The Morgan fingerprint density at radius 3 is 2.33 bits per heavy atom. The molecule has 0 saturated heterocycles. The van der Waals surface area contributed by atoms with Crippen LogP contribution in [0.25, 0.3) is 0 Å². The zero-order chi connectivity index (χ0) is 13.2. The van der Waals surface area contributed by atoms with Gasteiger partial charge in [0, 0.05) is 0 Å². The molecule has 2 N–H and O–H groups in total. The van der Waals surface area contributed by atoms with E-state index in [2.05, 4.69) is 20.7 Å². The van der Waals surface area contributed by atoms with Gasteiger partial charge in [-0.15, -0.1) is 0 Å². The Kier molecular flexibility index (Phi) is 3.33. The zero-order valence-corrected chi connectivity index (χ0v) is 9.49. The fraction of sp³-hybridized carbons (Fsp3) is 0.273. The van der Waals surface area contributed by atoms with Crippen LogP contribution < -0.4 is 5.32 Å². The van der Waals surface area contributed by atoms with Crippen molar-refractivity contribution in [2.24, 2.45) is 0 Å². The number of H-pyrrole nitrogens is 1. The molecule has 0 radical (unpaired) electrons. The lowest BCUT2D eigenvalue weighted by atomic mass is 10.0. The minimum absolute atomic E-state index is 0.286. The van der Waals surface area contributed by atoms with Gasteiger partial charge in [0.2, 0.25) is 0 Å². The highest BCUT2D eigenvalue weighted by atomic mass is 19.4. The number of benzene rings is 1. The third-order valence-electron chi connectivity index (χ3n) is 2.59. The molecule has 18 heavy (non-hydrogen) atoms. The summed E-state index contributed by atoms with van der Waals surface area (Å²) < 4.78 is 37.3. The van der Waals surface area contributed by atoms with Gasteiger partial charge in [-0.05, 0) is 24.7 Å². The predicted octanol–water partition coefficient (Wildman–Crippen LogP) is 2.13. The molecule has 1 atom stereocenters. The van der Waals surface area contributed by atoms with Crippen LogP contribution in [-0.2, 0) is 6.18 Å². The van der Waals surface area contributed by atoms with Crippen LogP contribution >= 0.6 is 0 Å². The maximum Gasteiger partial charge on any atom is 0.416 e. The Bertz CT molecular complexity index is 490. The molecule has 1 unspecified atom stereocenters. The molecule has 0 bridgehead atoms. The summed E-state index contributed by atoms with van der Waals surface area (Å²) >= 11 is 0. The van der Waals surface area contributed by atoms with Gasteiger partial charge in [0.1, 0.15) is 5.69 Å². The fourth-order valence-corrected chi connectivity index (χ4v) is 1.70. The van der Waals surface area contributed by atoms with Crippen molar-refractivity contribution in [2.45, 2.75) is 12.2 Å². The van der Waals surface area contributed by atoms with E-state index in [0.29, 0.717) is 11.3 Å². The van der Waals surface area contributed by atoms with Gasteiger partial charge < -0.3 is 5.32 Å². The molecule has 0 fully saturated rings. The first-order valence-electron chi connectivity index (χ1n) is 5.22. The van der Waals surface area contributed by atoms with Crippen molar-refractivity contribution in [1.29, 1.82) is 0 Å². The molecule has 7 heteroatoms.